The van der Waals surface area contributed by atoms with E-state index in [0.29, 0.717) is 10.7 Å². The Morgan fingerprint density at radius 3 is 2.58 bits per heavy atom. The molecule has 0 saturated carbocycles. The molecule has 106 valence electrons. The van der Waals surface area contributed by atoms with Gasteiger partial charge in [0.05, 0.1) is 5.02 Å². The van der Waals surface area contributed by atoms with Gasteiger partial charge >= 0.3 is 5.97 Å². The quantitative estimate of drug-likeness (QED) is 0.735. The van der Waals surface area contributed by atoms with Crippen molar-refractivity contribution in [2.75, 3.05) is 6.61 Å². The predicted molar refractivity (Wildman–Crippen MR) is 70.4 cm³/mol. The Hall–Kier alpha value is -1.53. The van der Waals surface area contributed by atoms with Gasteiger partial charge in [0.25, 0.3) is 5.91 Å². The van der Waals surface area contributed by atoms with Crippen molar-refractivity contribution in [3.63, 3.8) is 0 Å². The maximum absolute atomic E-state index is 12.0. The molecule has 1 atom stereocenters. The van der Waals surface area contributed by atoms with Crippen molar-refractivity contribution in [3.05, 3.63) is 23.0 Å². The Morgan fingerprint density at radius 1 is 1.47 bits per heavy atom. The summed E-state index contributed by atoms with van der Waals surface area (Å²) in [5, 5.41) is 20.5. The molecule has 0 aromatic carbocycles. The van der Waals surface area contributed by atoms with E-state index >= 15 is 0 Å². The number of aliphatic carboxylic acids is 1. The van der Waals surface area contributed by atoms with Crippen LogP contribution in [0.1, 0.15) is 36.8 Å². The molecule has 6 nitrogen and oxygen atoms in total. The van der Waals surface area contributed by atoms with Crippen LogP contribution in [-0.4, -0.2) is 39.3 Å². The molecule has 1 heterocycles. The van der Waals surface area contributed by atoms with Gasteiger partial charge in [0.2, 0.25) is 0 Å². The number of amides is 1. The van der Waals surface area contributed by atoms with E-state index < -0.39 is 17.9 Å². The van der Waals surface area contributed by atoms with Crippen LogP contribution in [0, 0.1) is 0 Å². The van der Waals surface area contributed by atoms with Gasteiger partial charge in [-0.1, -0.05) is 11.6 Å². The molecule has 3 N–H and O–H groups in total. The molecule has 1 aromatic rings. The molecular formula is C12H17ClN2O4. The summed E-state index contributed by atoms with van der Waals surface area (Å²) in [6.07, 6.45) is 1.57. The van der Waals surface area contributed by atoms with E-state index in [1.165, 1.54) is 6.07 Å². The van der Waals surface area contributed by atoms with E-state index in [0.717, 1.165) is 0 Å². The SMILES string of the molecule is CC(C)n1cc(Cl)cc1C(=O)N[C@@H](CCO)C(=O)O. The van der Waals surface area contributed by atoms with Gasteiger partial charge in [-0.2, -0.15) is 0 Å². The Labute approximate surface area is 116 Å². The third-order valence-corrected chi connectivity index (χ3v) is 2.83. The third kappa shape index (κ3) is 3.97. The zero-order valence-corrected chi connectivity index (χ0v) is 11.5. The summed E-state index contributed by atoms with van der Waals surface area (Å²) in [7, 11) is 0. The van der Waals surface area contributed by atoms with E-state index in [1.54, 1.807) is 10.8 Å². The predicted octanol–water partition coefficient (Wildman–Crippen LogP) is 1.29. The zero-order valence-electron chi connectivity index (χ0n) is 10.8. The highest BCUT2D eigenvalue weighted by atomic mass is 35.5. The maximum Gasteiger partial charge on any atom is 0.326 e. The Balaban J connectivity index is 2.91. The van der Waals surface area contributed by atoms with Gasteiger partial charge in [0.1, 0.15) is 11.7 Å². The van der Waals surface area contributed by atoms with Gasteiger partial charge in [-0.25, -0.2) is 4.79 Å². The molecule has 0 radical (unpaired) electrons. The van der Waals surface area contributed by atoms with Crippen molar-refractivity contribution >= 4 is 23.5 Å². The average Bonchev–Trinajstić information content (AvgIpc) is 2.70. The van der Waals surface area contributed by atoms with Crippen molar-refractivity contribution in [1.82, 2.24) is 9.88 Å². The number of halogens is 1. The standard InChI is InChI=1S/C12H17ClN2O4/c1-7(2)15-6-8(13)5-10(15)11(17)14-9(3-4-16)12(18)19/h5-7,9,16H,3-4H2,1-2H3,(H,14,17)(H,18,19)/t9-/m0/s1. The molecule has 0 fully saturated rings. The van der Waals surface area contributed by atoms with Crippen molar-refractivity contribution < 1.29 is 19.8 Å². The molecule has 1 rings (SSSR count). The number of carboxylic acid groups (broad SMARTS) is 1. The van der Waals surface area contributed by atoms with Crippen LogP contribution >= 0.6 is 11.6 Å². The summed E-state index contributed by atoms with van der Waals surface area (Å²) in [5.41, 5.74) is 0.296. The van der Waals surface area contributed by atoms with E-state index in [9.17, 15) is 9.59 Å². The maximum atomic E-state index is 12.0. The van der Waals surface area contributed by atoms with Gasteiger partial charge < -0.3 is 20.1 Å². The van der Waals surface area contributed by atoms with Crippen LogP contribution in [0.5, 0.6) is 0 Å². The summed E-state index contributed by atoms with van der Waals surface area (Å²) in [4.78, 5) is 23.0. The van der Waals surface area contributed by atoms with Crippen molar-refractivity contribution in [2.45, 2.75) is 32.4 Å². The highest BCUT2D eigenvalue weighted by Crippen LogP contribution is 2.19. The molecule has 1 amide bonds. The number of hydrogen-bond donors (Lipinski definition) is 3. The van der Waals surface area contributed by atoms with Crippen LogP contribution in [0.15, 0.2) is 12.3 Å². The summed E-state index contributed by atoms with van der Waals surface area (Å²) >= 11 is 5.86. The number of carbonyl (C=O) groups is 2. The first-order chi connectivity index (χ1) is 8.86. The zero-order chi connectivity index (χ0) is 14.6. The van der Waals surface area contributed by atoms with E-state index in [-0.39, 0.29) is 19.1 Å². The average molecular weight is 289 g/mol. The molecule has 0 unspecified atom stereocenters. The number of carboxylic acids is 1. The van der Waals surface area contributed by atoms with Crippen LogP contribution in [0.4, 0.5) is 0 Å². The van der Waals surface area contributed by atoms with Crippen LogP contribution in [0.25, 0.3) is 0 Å². The van der Waals surface area contributed by atoms with Crippen molar-refractivity contribution in [2.24, 2.45) is 0 Å². The minimum atomic E-state index is -1.18. The second-order valence-electron chi connectivity index (χ2n) is 4.42. The summed E-state index contributed by atoms with van der Waals surface area (Å²) in [6, 6.07) is 0.385. The van der Waals surface area contributed by atoms with Crippen LogP contribution in [-0.2, 0) is 4.79 Å². The summed E-state index contributed by atoms with van der Waals surface area (Å²) in [6.45, 7) is 3.45. The van der Waals surface area contributed by atoms with Gasteiger partial charge in [0, 0.05) is 25.3 Å². The number of aromatic nitrogens is 1. The minimum Gasteiger partial charge on any atom is -0.480 e. The molecule has 0 saturated heterocycles. The highest BCUT2D eigenvalue weighted by Gasteiger charge is 2.22. The van der Waals surface area contributed by atoms with Crippen molar-refractivity contribution in [3.8, 4) is 0 Å². The van der Waals surface area contributed by atoms with Crippen LogP contribution < -0.4 is 5.32 Å². The lowest BCUT2D eigenvalue weighted by Gasteiger charge is -2.16. The molecule has 0 aliphatic rings. The largest absolute Gasteiger partial charge is 0.480 e. The lowest BCUT2D eigenvalue weighted by atomic mass is 10.2. The minimum absolute atomic E-state index is 0.0226. The fourth-order valence-corrected chi connectivity index (χ4v) is 1.88. The number of nitrogens with one attached hydrogen (secondary N) is 1. The second kappa shape index (κ2) is 6.58. The van der Waals surface area contributed by atoms with E-state index in [4.69, 9.17) is 21.8 Å². The molecule has 1 aromatic heterocycles. The molecule has 19 heavy (non-hydrogen) atoms. The first kappa shape index (κ1) is 15.5. The molecular weight excluding hydrogens is 272 g/mol. The smallest absolute Gasteiger partial charge is 0.326 e. The van der Waals surface area contributed by atoms with E-state index in [1.807, 2.05) is 13.8 Å². The van der Waals surface area contributed by atoms with Gasteiger partial charge in [-0.3, -0.25) is 4.79 Å². The second-order valence-corrected chi connectivity index (χ2v) is 4.86. The monoisotopic (exact) mass is 288 g/mol. The van der Waals surface area contributed by atoms with Gasteiger partial charge in [0.15, 0.2) is 0 Å². The topological polar surface area (TPSA) is 91.6 Å². The molecule has 0 aliphatic heterocycles. The molecule has 0 bridgehead atoms. The molecule has 0 spiro atoms. The Bertz CT molecular complexity index is 470. The molecule has 7 heteroatoms. The molecule has 0 aliphatic carbocycles. The lowest BCUT2D eigenvalue weighted by molar-refractivity contribution is -0.139. The number of rotatable bonds is 6. The first-order valence-corrected chi connectivity index (χ1v) is 6.26. The number of aliphatic hydroxyl groups is 1. The van der Waals surface area contributed by atoms with Crippen LogP contribution in [0.3, 0.4) is 0 Å². The highest BCUT2D eigenvalue weighted by molar-refractivity contribution is 6.31. The third-order valence-electron chi connectivity index (χ3n) is 2.63. The fourth-order valence-electron chi connectivity index (χ4n) is 1.67. The van der Waals surface area contributed by atoms with Crippen LogP contribution in [0.2, 0.25) is 5.02 Å². The Morgan fingerprint density at radius 2 is 2.11 bits per heavy atom. The normalized spacial score (nSPS) is 12.5. The van der Waals surface area contributed by atoms with Gasteiger partial charge in [-0.15, -0.1) is 0 Å². The number of carbonyl (C=O) groups excluding carboxylic acids is 1. The fraction of sp³-hybridized carbons (Fsp3) is 0.500. The summed E-state index contributed by atoms with van der Waals surface area (Å²) < 4.78 is 1.66. The first-order valence-electron chi connectivity index (χ1n) is 5.88. The summed E-state index contributed by atoms with van der Waals surface area (Å²) in [5.74, 6) is -1.71. The van der Waals surface area contributed by atoms with Gasteiger partial charge in [-0.05, 0) is 19.9 Å². The lowest BCUT2D eigenvalue weighted by Crippen LogP contribution is -2.42. The van der Waals surface area contributed by atoms with E-state index in [2.05, 4.69) is 5.32 Å². The number of nitrogens with zero attached hydrogens (tertiary/aromatic N) is 1. The van der Waals surface area contributed by atoms with Crippen molar-refractivity contribution in [1.29, 1.82) is 0 Å². The number of aliphatic hydroxyl groups excluding tert-OH is 1. The Kier molecular flexibility index (Phi) is 5.38. The number of hydrogen-bond acceptors (Lipinski definition) is 3.